The highest BCUT2D eigenvalue weighted by molar-refractivity contribution is 6.21. The fraction of sp³-hybridized carbons (Fsp3) is 0.0625. The molecule has 0 saturated carbocycles. The lowest BCUT2D eigenvalue weighted by Gasteiger charge is -2.01. The number of para-hydroxylation sites is 1. The molecule has 0 amide bonds. The first-order chi connectivity index (χ1) is 8.86. The summed E-state index contributed by atoms with van der Waals surface area (Å²) in [6.07, 6.45) is 4.05. The maximum Gasteiger partial charge on any atom is 0.118 e. The zero-order valence-electron chi connectivity index (χ0n) is 10.1. The van der Waals surface area contributed by atoms with Gasteiger partial charge < -0.3 is 4.74 Å². The Bertz CT molecular complexity index is 624. The lowest BCUT2D eigenvalue weighted by Crippen LogP contribution is -1.83. The van der Waals surface area contributed by atoms with Crippen molar-refractivity contribution in [2.24, 2.45) is 4.99 Å². The topological polar surface area (TPSA) is 21.6 Å². The van der Waals surface area contributed by atoms with Gasteiger partial charge in [-0.3, -0.25) is 4.99 Å². The van der Waals surface area contributed by atoms with Gasteiger partial charge in [0.25, 0.3) is 0 Å². The molecule has 0 aromatic heterocycles. The molecular weight excluding hydrogens is 222 g/mol. The molecule has 1 aliphatic rings. The minimum absolute atomic E-state index is 0.873. The summed E-state index contributed by atoms with van der Waals surface area (Å²) in [6.45, 7) is 0. The molecule has 0 atom stereocenters. The molecule has 3 rings (SSSR count). The van der Waals surface area contributed by atoms with Crippen molar-refractivity contribution in [3.8, 4) is 5.75 Å². The van der Waals surface area contributed by atoms with Crippen molar-refractivity contribution in [1.82, 2.24) is 0 Å². The Hall–Kier alpha value is -2.35. The number of nitrogens with zero attached hydrogens (tertiary/aromatic N) is 1. The van der Waals surface area contributed by atoms with Crippen molar-refractivity contribution < 1.29 is 4.74 Å². The minimum atomic E-state index is 0.873. The molecule has 88 valence electrons. The molecule has 0 spiro atoms. The molecular formula is C16H13NO. The van der Waals surface area contributed by atoms with Crippen molar-refractivity contribution in [3.05, 3.63) is 59.7 Å². The fourth-order valence-corrected chi connectivity index (χ4v) is 2.03. The molecule has 18 heavy (non-hydrogen) atoms. The number of rotatable bonds is 2. The Labute approximate surface area is 106 Å². The van der Waals surface area contributed by atoms with E-state index in [-0.39, 0.29) is 0 Å². The van der Waals surface area contributed by atoms with Crippen molar-refractivity contribution >= 4 is 23.6 Å². The zero-order valence-corrected chi connectivity index (χ0v) is 10.1. The third-order valence-corrected chi connectivity index (χ3v) is 3.00. The zero-order chi connectivity index (χ0) is 12.4. The first kappa shape index (κ1) is 10.8. The first-order valence-corrected chi connectivity index (χ1v) is 5.86. The van der Waals surface area contributed by atoms with Gasteiger partial charge in [-0.15, -0.1) is 0 Å². The molecule has 0 radical (unpaired) electrons. The smallest absolute Gasteiger partial charge is 0.118 e. The lowest BCUT2D eigenvalue weighted by atomic mass is 10.0. The number of allylic oxidation sites excluding steroid dienone is 1. The molecule has 2 aromatic rings. The van der Waals surface area contributed by atoms with Gasteiger partial charge in [-0.2, -0.15) is 0 Å². The van der Waals surface area contributed by atoms with E-state index in [1.54, 1.807) is 7.11 Å². The number of aliphatic imine (C=N–C) groups is 1. The molecule has 0 unspecified atom stereocenters. The van der Waals surface area contributed by atoms with Gasteiger partial charge in [0.2, 0.25) is 0 Å². The lowest BCUT2D eigenvalue weighted by molar-refractivity contribution is 0.415. The fourth-order valence-electron chi connectivity index (χ4n) is 2.03. The predicted molar refractivity (Wildman–Crippen MR) is 75.5 cm³/mol. The highest BCUT2D eigenvalue weighted by Crippen LogP contribution is 2.32. The van der Waals surface area contributed by atoms with Crippen molar-refractivity contribution in [1.29, 1.82) is 0 Å². The summed E-state index contributed by atoms with van der Waals surface area (Å²) in [6, 6.07) is 16.2. The van der Waals surface area contributed by atoms with E-state index in [1.807, 2.05) is 48.7 Å². The molecule has 0 bridgehead atoms. The van der Waals surface area contributed by atoms with Crippen LogP contribution in [0.4, 0.5) is 5.69 Å². The average molecular weight is 235 g/mol. The van der Waals surface area contributed by atoms with Crippen LogP contribution in [0.2, 0.25) is 0 Å². The van der Waals surface area contributed by atoms with E-state index >= 15 is 0 Å². The summed E-state index contributed by atoms with van der Waals surface area (Å²) in [5.74, 6) is 0.873. The Morgan fingerprint density at radius 2 is 1.78 bits per heavy atom. The second-order valence-corrected chi connectivity index (χ2v) is 4.15. The molecule has 0 fully saturated rings. The van der Waals surface area contributed by atoms with Crippen LogP contribution in [0.25, 0.3) is 11.6 Å². The number of ether oxygens (including phenoxy) is 1. The quantitative estimate of drug-likeness (QED) is 0.772. The first-order valence-electron chi connectivity index (χ1n) is 5.86. The largest absolute Gasteiger partial charge is 0.497 e. The summed E-state index contributed by atoms with van der Waals surface area (Å²) in [5, 5.41) is 0. The minimum Gasteiger partial charge on any atom is -0.497 e. The highest BCUT2D eigenvalue weighted by Gasteiger charge is 2.10. The summed E-state index contributed by atoms with van der Waals surface area (Å²) in [4.78, 5) is 4.39. The van der Waals surface area contributed by atoms with Crippen LogP contribution in [0.3, 0.4) is 0 Å². The Morgan fingerprint density at radius 3 is 2.56 bits per heavy atom. The molecule has 2 nitrogen and oxygen atoms in total. The van der Waals surface area contributed by atoms with E-state index in [0.717, 1.165) is 22.6 Å². The molecule has 0 saturated heterocycles. The van der Waals surface area contributed by atoms with Gasteiger partial charge in [0.1, 0.15) is 5.75 Å². The van der Waals surface area contributed by atoms with Gasteiger partial charge in [0.05, 0.1) is 12.8 Å². The number of benzene rings is 2. The SMILES string of the molecule is COc1ccc(C=C2C=Nc3ccccc32)cc1. The van der Waals surface area contributed by atoms with E-state index in [2.05, 4.69) is 17.1 Å². The summed E-state index contributed by atoms with van der Waals surface area (Å²) in [5.41, 5.74) is 4.52. The molecule has 0 aliphatic carbocycles. The van der Waals surface area contributed by atoms with Gasteiger partial charge in [0.15, 0.2) is 0 Å². The normalized spacial score (nSPS) is 14.8. The van der Waals surface area contributed by atoms with Gasteiger partial charge >= 0.3 is 0 Å². The van der Waals surface area contributed by atoms with Gasteiger partial charge in [-0.1, -0.05) is 30.3 Å². The van der Waals surface area contributed by atoms with Crippen molar-refractivity contribution in [3.63, 3.8) is 0 Å². The van der Waals surface area contributed by atoms with Crippen LogP contribution >= 0.6 is 0 Å². The molecule has 1 heterocycles. The second-order valence-electron chi connectivity index (χ2n) is 4.15. The standard InChI is InChI=1S/C16H13NO/c1-18-14-8-6-12(7-9-14)10-13-11-17-16-5-3-2-4-15(13)16/h2-11H,1H3. The third kappa shape index (κ3) is 1.93. The van der Waals surface area contributed by atoms with Gasteiger partial charge in [-0.25, -0.2) is 0 Å². The van der Waals surface area contributed by atoms with Crippen LogP contribution in [0, 0.1) is 0 Å². The Morgan fingerprint density at radius 1 is 1.00 bits per heavy atom. The molecule has 0 N–H and O–H groups in total. The maximum absolute atomic E-state index is 5.15. The van der Waals surface area contributed by atoms with Crippen LogP contribution in [-0.2, 0) is 0 Å². The number of fused-ring (bicyclic) bond motifs is 1. The molecule has 1 aliphatic heterocycles. The summed E-state index contributed by atoms with van der Waals surface area (Å²) < 4.78 is 5.15. The monoisotopic (exact) mass is 235 g/mol. The van der Waals surface area contributed by atoms with E-state index in [0.29, 0.717) is 0 Å². The van der Waals surface area contributed by atoms with Gasteiger partial charge in [-0.05, 0) is 29.8 Å². The van der Waals surface area contributed by atoms with E-state index in [4.69, 9.17) is 4.74 Å². The van der Waals surface area contributed by atoms with Crippen LogP contribution < -0.4 is 4.74 Å². The van der Waals surface area contributed by atoms with E-state index in [9.17, 15) is 0 Å². The number of methoxy groups -OCH3 is 1. The Balaban J connectivity index is 1.96. The van der Waals surface area contributed by atoms with Crippen LogP contribution in [0.5, 0.6) is 5.75 Å². The van der Waals surface area contributed by atoms with E-state index < -0.39 is 0 Å². The van der Waals surface area contributed by atoms with Gasteiger partial charge in [0, 0.05) is 17.4 Å². The van der Waals surface area contributed by atoms with Crippen molar-refractivity contribution in [2.45, 2.75) is 0 Å². The third-order valence-electron chi connectivity index (χ3n) is 3.00. The maximum atomic E-state index is 5.15. The summed E-state index contributed by atoms with van der Waals surface area (Å²) >= 11 is 0. The second kappa shape index (κ2) is 4.49. The summed E-state index contributed by atoms with van der Waals surface area (Å²) in [7, 11) is 1.67. The van der Waals surface area contributed by atoms with Crippen LogP contribution in [0.15, 0.2) is 53.5 Å². The van der Waals surface area contributed by atoms with Crippen molar-refractivity contribution in [2.75, 3.05) is 7.11 Å². The number of hydrogen-bond acceptors (Lipinski definition) is 2. The highest BCUT2D eigenvalue weighted by atomic mass is 16.5. The predicted octanol–water partition coefficient (Wildman–Crippen LogP) is 3.95. The molecule has 2 aromatic carbocycles. The Kier molecular flexibility index (Phi) is 2.69. The molecule has 2 heteroatoms. The van der Waals surface area contributed by atoms with Crippen LogP contribution in [0.1, 0.15) is 11.1 Å². The van der Waals surface area contributed by atoms with E-state index in [1.165, 1.54) is 5.56 Å². The number of hydrogen-bond donors (Lipinski definition) is 0. The average Bonchev–Trinajstić information content (AvgIpc) is 2.83. The van der Waals surface area contributed by atoms with Crippen LogP contribution in [-0.4, -0.2) is 13.3 Å².